The van der Waals surface area contributed by atoms with E-state index in [1.807, 2.05) is 18.3 Å². The maximum absolute atomic E-state index is 14.5. The molecule has 154 valence electrons. The number of ether oxygens (including phenoxy) is 1. The van der Waals surface area contributed by atoms with E-state index in [4.69, 9.17) is 4.74 Å². The summed E-state index contributed by atoms with van der Waals surface area (Å²) in [7, 11) is 0. The third-order valence-corrected chi connectivity index (χ3v) is 5.13. The Morgan fingerprint density at radius 2 is 1.54 bits per heavy atom. The molecule has 0 fully saturated rings. The Kier molecular flexibility index (Phi) is 10.6. The molecule has 0 aliphatic heterocycles. The van der Waals surface area contributed by atoms with E-state index >= 15 is 0 Å². The third kappa shape index (κ3) is 8.00. The van der Waals surface area contributed by atoms with E-state index in [-0.39, 0.29) is 5.82 Å². The van der Waals surface area contributed by atoms with Crippen LogP contribution in [-0.4, -0.2) is 11.6 Å². The second-order valence-electron chi connectivity index (χ2n) is 7.62. The second-order valence-corrected chi connectivity index (χ2v) is 7.62. The van der Waals surface area contributed by atoms with Gasteiger partial charge in [-0.15, -0.1) is 0 Å². The van der Waals surface area contributed by atoms with Crippen molar-refractivity contribution in [2.45, 2.75) is 84.5 Å². The van der Waals surface area contributed by atoms with Gasteiger partial charge in [-0.1, -0.05) is 71.3 Å². The van der Waals surface area contributed by atoms with Gasteiger partial charge in [0.15, 0.2) is 0 Å². The standard InChI is InChI=1S/C25H36FNO/c1-3-5-7-9-10-11-13-21-14-17-25(27-20-21)23-16-15-22(19-24(23)26)28-18-12-8-6-4-2/h14-17,19-20H,3-13,18H2,1-2H3. The zero-order valence-electron chi connectivity index (χ0n) is 17.7. The first-order valence-electron chi connectivity index (χ1n) is 11.1. The summed E-state index contributed by atoms with van der Waals surface area (Å²) in [6.45, 7) is 5.07. The van der Waals surface area contributed by atoms with Crippen LogP contribution in [0.1, 0.15) is 83.6 Å². The Hall–Kier alpha value is -1.90. The maximum Gasteiger partial charge on any atom is 0.136 e. The van der Waals surface area contributed by atoms with E-state index in [2.05, 4.69) is 24.9 Å². The van der Waals surface area contributed by atoms with Crippen LogP contribution in [0, 0.1) is 5.82 Å². The Bertz CT molecular complexity index is 669. The van der Waals surface area contributed by atoms with Crippen molar-refractivity contribution in [3.8, 4) is 17.0 Å². The van der Waals surface area contributed by atoms with E-state index in [0.29, 0.717) is 23.6 Å². The van der Waals surface area contributed by atoms with Crippen molar-refractivity contribution >= 4 is 0 Å². The molecule has 2 aromatic rings. The van der Waals surface area contributed by atoms with Crippen LogP contribution in [0.2, 0.25) is 0 Å². The van der Waals surface area contributed by atoms with Crippen molar-refractivity contribution in [3.63, 3.8) is 0 Å². The summed E-state index contributed by atoms with van der Waals surface area (Å²) in [5, 5.41) is 0. The molecule has 0 unspecified atom stereocenters. The Morgan fingerprint density at radius 1 is 0.821 bits per heavy atom. The highest BCUT2D eigenvalue weighted by Crippen LogP contribution is 2.25. The normalized spacial score (nSPS) is 11.0. The van der Waals surface area contributed by atoms with Crippen LogP contribution in [0.25, 0.3) is 11.3 Å². The summed E-state index contributed by atoms with van der Waals surface area (Å²) in [5.41, 5.74) is 2.44. The lowest BCUT2D eigenvalue weighted by molar-refractivity contribution is 0.303. The fourth-order valence-electron chi connectivity index (χ4n) is 3.35. The molecule has 3 heteroatoms. The van der Waals surface area contributed by atoms with Crippen LogP contribution in [-0.2, 0) is 6.42 Å². The molecular formula is C25H36FNO. The van der Waals surface area contributed by atoms with Crippen LogP contribution in [0.4, 0.5) is 4.39 Å². The van der Waals surface area contributed by atoms with Gasteiger partial charge in [0.1, 0.15) is 11.6 Å². The molecule has 2 nitrogen and oxygen atoms in total. The highest BCUT2D eigenvalue weighted by atomic mass is 19.1. The molecule has 0 amide bonds. The molecule has 28 heavy (non-hydrogen) atoms. The highest BCUT2D eigenvalue weighted by Gasteiger charge is 2.08. The van der Waals surface area contributed by atoms with Crippen LogP contribution in [0.3, 0.4) is 0 Å². The number of rotatable bonds is 14. The van der Waals surface area contributed by atoms with Gasteiger partial charge in [0.2, 0.25) is 0 Å². The quantitative estimate of drug-likeness (QED) is 0.310. The van der Waals surface area contributed by atoms with Crippen molar-refractivity contribution in [1.29, 1.82) is 0 Å². The minimum Gasteiger partial charge on any atom is -0.493 e. The van der Waals surface area contributed by atoms with Crippen LogP contribution >= 0.6 is 0 Å². The van der Waals surface area contributed by atoms with Gasteiger partial charge in [0.05, 0.1) is 12.3 Å². The summed E-state index contributed by atoms with van der Waals surface area (Å²) in [6, 6.07) is 9.08. The molecule has 0 bridgehead atoms. The summed E-state index contributed by atoms with van der Waals surface area (Å²) in [4.78, 5) is 4.48. The molecular weight excluding hydrogens is 349 g/mol. The fraction of sp³-hybridized carbons (Fsp3) is 0.560. The first-order chi connectivity index (χ1) is 13.7. The van der Waals surface area contributed by atoms with Gasteiger partial charge in [-0.25, -0.2) is 4.39 Å². The minimum atomic E-state index is -0.276. The predicted molar refractivity (Wildman–Crippen MR) is 116 cm³/mol. The topological polar surface area (TPSA) is 22.1 Å². The molecule has 0 aliphatic rings. The number of halogens is 1. The average molecular weight is 386 g/mol. The van der Waals surface area contributed by atoms with Crippen molar-refractivity contribution in [3.05, 3.63) is 47.9 Å². The number of aryl methyl sites for hydroxylation is 1. The van der Waals surface area contributed by atoms with Crippen molar-refractivity contribution < 1.29 is 9.13 Å². The molecule has 0 atom stereocenters. The van der Waals surface area contributed by atoms with Gasteiger partial charge in [-0.2, -0.15) is 0 Å². The molecule has 0 spiro atoms. The Labute approximate surface area is 170 Å². The van der Waals surface area contributed by atoms with Gasteiger partial charge in [0, 0.05) is 17.8 Å². The summed E-state index contributed by atoms with van der Waals surface area (Å²) < 4.78 is 20.2. The number of aromatic nitrogens is 1. The number of nitrogens with zero attached hydrogens (tertiary/aromatic N) is 1. The number of hydrogen-bond donors (Lipinski definition) is 0. The third-order valence-electron chi connectivity index (χ3n) is 5.13. The average Bonchev–Trinajstić information content (AvgIpc) is 2.71. The SMILES string of the molecule is CCCCCCCCc1ccc(-c2ccc(OCCCCCC)cc2F)nc1. The highest BCUT2D eigenvalue weighted by molar-refractivity contribution is 5.61. The predicted octanol–water partition coefficient (Wildman–Crippen LogP) is 7.75. The maximum atomic E-state index is 14.5. The molecule has 1 aromatic heterocycles. The van der Waals surface area contributed by atoms with Crippen molar-refractivity contribution in [2.75, 3.05) is 6.61 Å². The van der Waals surface area contributed by atoms with Crippen LogP contribution < -0.4 is 4.74 Å². The monoisotopic (exact) mass is 385 g/mol. The molecule has 0 aliphatic carbocycles. The molecule has 0 saturated carbocycles. The van der Waals surface area contributed by atoms with Crippen LogP contribution in [0.15, 0.2) is 36.5 Å². The molecule has 2 rings (SSSR count). The lowest BCUT2D eigenvalue weighted by Gasteiger charge is -2.09. The zero-order chi connectivity index (χ0) is 20.0. The van der Waals surface area contributed by atoms with Crippen molar-refractivity contribution in [1.82, 2.24) is 4.98 Å². The smallest absolute Gasteiger partial charge is 0.136 e. The van der Waals surface area contributed by atoms with Crippen molar-refractivity contribution in [2.24, 2.45) is 0 Å². The first kappa shape index (κ1) is 22.4. The Balaban J connectivity index is 1.82. The number of hydrogen-bond acceptors (Lipinski definition) is 2. The largest absolute Gasteiger partial charge is 0.493 e. The molecule has 0 radical (unpaired) electrons. The summed E-state index contributed by atoms with van der Waals surface area (Å²) in [6.07, 6.45) is 15.3. The molecule has 1 heterocycles. The molecule has 0 saturated heterocycles. The van der Waals surface area contributed by atoms with Gasteiger partial charge in [-0.05, 0) is 43.0 Å². The molecule has 0 N–H and O–H groups in total. The summed E-state index contributed by atoms with van der Waals surface area (Å²) in [5.74, 6) is 0.319. The van der Waals surface area contributed by atoms with E-state index in [1.165, 1.54) is 63.0 Å². The van der Waals surface area contributed by atoms with Gasteiger partial charge in [-0.3, -0.25) is 4.98 Å². The van der Waals surface area contributed by atoms with E-state index in [1.54, 1.807) is 6.07 Å². The lowest BCUT2D eigenvalue weighted by Crippen LogP contribution is -1.98. The van der Waals surface area contributed by atoms with Gasteiger partial charge < -0.3 is 4.74 Å². The molecule has 1 aromatic carbocycles. The van der Waals surface area contributed by atoms with Crippen LogP contribution in [0.5, 0.6) is 5.75 Å². The fourth-order valence-corrected chi connectivity index (χ4v) is 3.35. The minimum absolute atomic E-state index is 0.276. The first-order valence-corrected chi connectivity index (χ1v) is 11.1. The van der Waals surface area contributed by atoms with Gasteiger partial charge >= 0.3 is 0 Å². The number of benzene rings is 1. The lowest BCUT2D eigenvalue weighted by atomic mass is 10.0. The number of pyridine rings is 1. The second kappa shape index (κ2) is 13.3. The van der Waals surface area contributed by atoms with E-state index in [9.17, 15) is 4.39 Å². The van der Waals surface area contributed by atoms with E-state index < -0.39 is 0 Å². The summed E-state index contributed by atoms with van der Waals surface area (Å²) >= 11 is 0. The van der Waals surface area contributed by atoms with Gasteiger partial charge in [0.25, 0.3) is 0 Å². The zero-order valence-corrected chi connectivity index (χ0v) is 17.7. The number of unbranched alkanes of at least 4 members (excludes halogenated alkanes) is 8. The Morgan fingerprint density at radius 3 is 2.21 bits per heavy atom. The van der Waals surface area contributed by atoms with E-state index in [0.717, 1.165) is 19.3 Å².